The monoisotopic (exact) mass is 495 g/mol. The number of nitrogens with one attached hydrogen (secondary N) is 2. The number of anilines is 1. The van der Waals surface area contributed by atoms with Crippen molar-refractivity contribution in [3.8, 4) is 17.1 Å². The van der Waals surface area contributed by atoms with Crippen LogP contribution in [0.1, 0.15) is 21.5 Å². The van der Waals surface area contributed by atoms with Crippen molar-refractivity contribution in [3.05, 3.63) is 65.2 Å². The third-order valence-corrected chi connectivity index (χ3v) is 7.14. The van der Waals surface area contributed by atoms with E-state index < -0.39 is 10.0 Å². The molecule has 0 spiro atoms. The Morgan fingerprint density at radius 3 is 2.60 bits per heavy atom. The number of benzene rings is 2. The highest BCUT2D eigenvalue weighted by atomic mass is 32.2. The van der Waals surface area contributed by atoms with E-state index in [-0.39, 0.29) is 28.4 Å². The molecule has 0 amide bonds. The fourth-order valence-corrected chi connectivity index (χ4v) is 5.10. The fraction of sp³-hybridized carbons (Fsp3) is 0.320. The molecule has 1 atom stereocenters. The van der Waals surface area contributed by atoms with Gasteiger partial charge in [-0.15, -0.1) is 0 Å². The molecule has 1 aliphatic heterocycles. The number of carbonyl (C=O) groups is 1. The van der Waals surface area contributed by atoms with E-state index in [1.165, 1.54) is 24.3 Å². The van der Waals surface area contributed by atoms with E-state index in [4.69, 9.17) is 4.74 Å². The minimum Gasteiger partial charge on any atom is -0.471 e. The Balaban J connectivity index is 1.74. The van der Waals surface area contributed by atoms with Crippen LogP contribution in [0, 0.1) is 13.8 Å². The van der Waals surface area contributed by atoms with Gasteiger partial charge in [-0.1, -0.05) is 30.3 Å². The molecule has 0 bridgehead atoms. The Bertz CT molecular complexity index is 1310. The molecule has 4 rings (SSSR count). The number of rotatable bonds is 7. The number of aryl methyl sites for hydroxylation is 2. The van der Waals surface area contributed by atoms with Crippen LogP contribution in [0.3, 0.4) is 0 Å². The summed E-state index contributed by atoms with van der Waals surface area (Å²) < 4.78 is 34.8. The lowest BCUT2D eigenvalue weighted by molar-refractivity contribution is 0.112. The van der Waals surface area contributed by atoms with Gasteiger partial charge in [-0.25, -0.2) is 18.1 Å². The van der Waals surface area contributed by atoms with Crippen LogP contribution in [0.25, 0.3) is 11.3 Å². The molecule has 1 aromatic heterocycles. The van der Waals surface area contributed by atoms with E-state index in [1.54, 1.807) is 6.07 Å². The molecule has 2 N–H and O–H groups in total. The van der Waals surface area contributed by atoms with Crippen molar-refractivity contribution < 1.29 is 17.9 Å². The number of sulfonamides is 1. The molecule has 2 heterocycles. The highest BCUT2D eigenvalue weighted by Gasteiger charge is 2.22. The largest absolute Gasteiger partial charge is 0.471 e. The molecule has 2 aromatic carbocycles. The van der Waals surface area contributed by atoms with Gasteiger partial charge >= 0.3 is 0 Å². The van der Waals surface area contributed by atoms with Gasteiger partial charge in [-0.3, -0.25) is 4.79 Å². The van der Waals surface area contributed by atoms with Gasteiger partial charge < -0.3 is 15.0 Å². The van der Waals surface area contributed by atoms with Crippen LogP contribution in [0.2, 0.25) is 0 Å². The molecule has 1 aliphatic rings. The summed E-state index contributed by atoms with van der Waals surface area (Å²) in [7, 11) is -2.01. The summed E-state index contributed by atoms with van der Waals surface area (Å²) in [6, 6.07) is 13.4. The van der Waals surface area contributed by atoms with Crippen LogP contribution in [-0.2, 0) is 10.0 Å². The molecule has 1 fully saturated rings. The number of hydrogen-bond acceptors (Lipinski definition) is 8. The highest BCUT2D eigenvalue weighted by molar-refractivity contribution is 7.92. The first kappa shape index (κ1) is 24.8. The first-order valence-electron chi connectivity index (χ1n) is 11.3. The normalized spacial score (nSPS) is 16.9. The molecule has 0 unspecified atom stereocenters. The van der Waals surface area contributed by atoms with E-state index >= 15 is 0 Å². The zero-order valence-electron chi connectivity index (χ0n) is 20.0. The number of nitrogens with zero attached hydrogens (tertiary/aromatic N) is 3. The van der Waals surface area contributed by atoms with Gasteiger partial charge in [0.15, 0.2) is 0 Å². The summed E-state index contributed by atoms with van der Waals surface area (Å²) in [6.45, 7) is 7.07. The lowest BCUT2D eigenvalue weighted by atomic mass is 10.00. The summed E-state index contributed by atoms with van der Waals surface area (Å²) in [6.07, 6.45) is 0.429. The van der Waals surface area contributed by atoms with Gasteiger partial charge in [0.1, 0.15) is 12.4 Å². The second-order valence-corrected chi connectivity index (χ2v) is 10.4. The number of hydrogen-bond donors (Lipinski definition) is 2. The predicted molar refractivity (Wildman–Crippen MR) is 134 cm³/mol. The molecule has 1 saturated heterocycles. The van der Waals surface area contributed by atoms with Gasteiger partial charge in [-0.2, -0.15) is 4.98 Å². The zero-order chi connectivity index (χ0) is 25.0. The minimum absolute atomic E-state index is 0.0553. The second kappa shape index (κ2) is 10.5. The maximum absolute atomic E-state index is 13.1. The molecule has 10 heteroatoms. The van der Waals surface area contributed by atoms with Crippen LogP contribution < -0.4 is 14.8 Å². The summed E-state index contributed by atoms with van der Waals surface area (Å²) in [5.41, 5.74) is 3.70. The minimum atomic E-state index is -4.04. The summed E-state index contributed by atoms with van der Waals surface area (Å²) >= 11 is 0. The molecule has 0 saturated carbocycles. The average molecular weight is 496 g/mol. The standard InChI is InChI=1S/C25H29N5O4S/c1-17-6-4-7-18(2)24(17)22-13-23(34-20-14-26-10-11-30(3)15-20)28-25(27-22)29-35(32,33)21-9-5-8-19(12-21)16-31/h4-9,12-13,16,20,26H,10-11,14-15H2,1-3H3,(H,27,28,29)/t20-/m1/s1. The van der Waals surface area contributed by atoms with E-state index in [9.17, 15) is 13.2 Å². The number of aldehydes is 1. The van der Waals surface area contributed by atoms with Crippen LogP contribution in [-0.4, -0.2) is 68.9 Å². The SMILES string of the molecule is Cc1cccc(C)c1-c1cc(O[C@@H]2CNCCN(C)C2)nc(NS(=O)(=O)c2cccc(C=O)c2)n1. The van der Waals surface area contributed by atoms with E-state index in [1.807, 2.05) is 39.1 Å². The highest BCUT2D eigenvalue weighted by Crippen LogP contribution is 2.29. The van der Waals surface area contributed by atoms with E-state index in [0.717, 1.165) is 29.8 Å². The fourth-order valence-electron chi connectivity index (χ4n) is 4.10. The topological polar surface area (TPSA) is 114 Å². The molecule has 3 aromatic rings. The van der Waals surface area contributed by atoms with E-state index in [0.29, 0.717) is 25.1 Å². The number of aromatic nitrogens is 2. The zero-order valence-corrected chi connectivity index (χ0v) is 20.8. The third-order valence-electron chi connectivity index (χ3n) is 5.82. The maximum atomic E-state index is 13.1. The Hall–Kier alpha value is -3.34. The number of ether oxygens (including phenoxy) is 1. The van der Waals surface area contributed by atoms with Gasteiger partial charge in [-0.05, 0) is 44.2 Å². The smallest absolute Gasteiger partial charge is 0.264 e. The van der Waals surface area contributed by atoms with Crippen molar-refractivity contribution >= 4 is 22.3 Å². The maximum Gasteiger partial charge on any atom is 0.264 e. The van der Waals surface area contributed by atoms with Gasteiger partial charge in [0.05, 0.1) is 10.6 Å². The molecule has 35 heavy (non-hydrogen) atoms. The van der Waals surface area contributed by atoms with Gasteiger partial charge in [0.25, 0.3) is 10.0 Å². The Morgan fingerprint density at radius 2 is 1.86 bits per heavy atom. The third kappa shape index (κ3) is 6.02. The molecule has 9 nitrogen and oxygen atoms in total. The first-order valence-corrected chi connectivity index (χ1v) is 12.8. The van der Waals surface area contributed by atoms with Crippen LogP contribution in [0.5, 0.6) is 5.88 Å². The quantitative estimate of drug-likeness (QED) is 0.481. The number of carbonyl (C=O) groups excluding carboxylic acids is 1. The lowest BCUT2D eigenvalue weighted by Gasteiger charge is -2.21. The first-order chi connectivity index (χ1) is 16.7. The average Bonchev–Trinajstić information content (AvgIpc) is 3.02. The molecule has 0 radical (unpaired) electrons. The lowest BCUT2D eigenvalue weighted by Crippen LogP contribution is -2.35. The van der Waals surface area contributed by atoms with Crippen LogP contribution >= 0.6 is 0 Å². The molecule has 0 aliphatic carbocycles. The molecular formula is C25H29N5O4S. The van der Waals surface area contributed by atoms with Crippen LogP contribution in [0.15, 0.2) is 53.4 Å². The van der Waals surface area contributed by atoms with Crippen molar-refractivity contribution in [2.45, 2.75) is 24.8 Å². The Labute approximate surface area is 205 Å². The Morgan fingerprint density at radius 1 is 1.11 bits per heavy atom. The van der Waals surface area contributed by atoms with E-state index in [2.05, 4.69) is 24.9 Å². The van der Waals surface area contributed by atoms with Crippen molar-refractivity contribution in [1.29, 1.82) is 0 Å². The van der Waals surface area contributed by atoms with Gasteiger partial charge in [0, 0.05) is 43.4 Å². The second-order valence-electron chi connectivity index (χ2n) is 8.68. The Kier molecular flexibility index (Phi) is 7.44. The molecular weight excluding hydrogens is 466 g/mol. The van der Waals surface area contributed by atoms with Crippen molar-refractivity contribution in [3.63, 3.8) is 0 Å². The predicted octanol–water partition coefficient (Wildman–Crippen LogP) is 2.66. The summed E-state index contributed by atoms with van der Waals surface area (Å²) in [5.74, 6) is 0.172. The molecule has 184 valence electrons. The summed E-state index contributed by atoms with van der Waals surface area (Å²) in [4.78, 5) is 22.1. The van der Waals surface area contributed by atoms with Gasteiger partial charge in [0.2, 0.25) is 11.8 Å². The van der Waals surface area contributed by atoms with Crippen molar-refractivity contribution in [2.24, 2.45) is 0 Å². The van der Waals surface area contributed by atoms with Crippen molar-refractivity contribution in [1.82, 2.24) is 20.2 Å². The van der Waals surface area contributed by atoms with Crippen LogP contribution in [0.4, 0.5) is 5.95 Å². The summed E-state index contributed by atoms with van der Waals surface area (Å²) in [5, 5.41) is 3.35. The van der Waals surface area contributed by atoms with Crippen molar-refractivity contribution in [2.75, 3.05) is 37.9 Å². The number of likely N-dealkylation sites (N-methyl/N-ethyl adjacent to an activating group) is 1.